The van der Waals surface area contributed by atoms with Crippen LogP contribution in [0.1, 0.15) is 63.0 Å². The zero-order valence-electron chi connectivity index (χ0n) is 21.7. The molecule has 0 aromatic heterocycles. The number of aliphatic carboxylic acids is 1. The monoisotopic (exact) mass is 506 g/mol. The second kappa shape index (κ2) is 14.5. The molecule has 5 atom stereocenters. The van der Waals surface area contributed by atoms with Crippen molar-refractivity contribution in [1.82, 2.24) is 0 Å². The fraction of sp³-hybridized carbons (Fsp3) is 0.714. The Labute approximate surface area is 214 Å². The number of aliphatic hydroxyl groups is 1. The molecule has 2 N–H and O–H groups in total. The van der Waals surface area contributed by atoms with E-state index in [1.54, 1.807) is 7.11 Å². The number of benzene rings is 1. The number of ether oxygens (including phenoxy) is 4. The van der Waals surface area contributed by atoms with Gasteiger partial charge in [-0.05, 0) is 79.9 Å². The quantitative estimate of drug-likeness (QED) is 0.257. The number of methoxy groups -OCH3 is 1. The number of fused-ring (bicyclic) bond motifs is 2. The second-order valence-electron chi connectivity index (χ2n) is 10.1. The van der Waals surface area contributed by atoms with E-state index in [0.717, 1.165) is 63.4 Å². The molecule has 0 saturated heterocycles. The van der Waals surface area contributed by atoms with E-state index in [0.29, 0.717) is 30.8 Å². The summed E-state index contributed by atoms with van der Waals surface area (Å²) < 4.78 is 21.6. The number of carbonyl (C=O) groups excluding carboxylic acids is 1. The highest BCUT2D eigenvalue weighted by atomic mass is 16.6. The predicted octanol–water partition coefficient (Wildman–Crippen LogP) is 3.80. The van der Waals surface area contributed by atoms with Crippen LogP contribution in [0, 0.1) is 17.8 Å². The van der Waals surface area contributed by atoms with Gasteiger partial charge < -0.3 is 29.2 Å². The van der Waals surface area contributed by atoms with Crippen LogP contribution in [0.25, 0.3) is 0 Å². The van der Waals surface area contributed by atoms with Crippen LogP contribution in [0.5, 0.6) is 5.75 Å². The zero-order valence-corrected chi connectivity index (χ0v) is 21.7. The summed E-state index contributed by atoms with van der Waals surface area (Å²) in [5.74, 6) is 0.138. The lowest BCUT2D eigenvalue weighted by atomic mass is 9.73. The molecule has 36 heavy (non-hydrogen) atoms. The summed E-state index contributed by atoms with van der Waals surface area (Å²) >= 11 is 0. The third-order valence-corrected chi connectivity index (χ3v) is 7.60. The summed E-state index contributed by atoms with van der Waals surface area (Å²) in [7, 11) is 1.59. The maximum atomic E-state index is 12.3. The summed E-state index contributed by atoms with van der Waals surface area (Å²) in [6.07, 6.45) is 7.37. The molecule has 1 aromatic rings. The Kier molecular flexibility index (Phi) is 11.5. The molecule has 0 heterocycles. The predicted molar refractivity (Wildman–Crippen MR) is 134 cm³/mol. The maximum Gasteiger partial charge on any atom is 0.341 e. The van der Waals surface area contributed by atoms with Crippen LogP contribution < -0.4 is 4.74 Å². The Morgan fingerprint density at radius 1 is 1.11 bits per heavy atom. The third kappa shape index (κ3) is 8.18. The first-order valence-corrected chi connectivity index (χ1v) is 13.3. The van der Waals surface area contributed by atoms with E-state index in [1.165, 1.54) is 5.56 Å². The molecule has 3 rings (SSSR count). The standard InChI is InChI=1S/C28H42O8/c1-3-4-5-8-21(36-28(32)18-34-13-12-33-2)10-11-22-23-14-19-7-6-9-26(35-17-27(30)31)24(19)15-20(23)16-25(22)29/h6-7,9,20-23,25,29H,3-5,8,10-18H2,1-2H3,(H,30,31)/t20-,21-,22+,23-,25+/m0/s1. The first-order valence-electron chi connectivity index (χ1n) is 13.3. The average Bonchev–Trinajstić information content (AvgIpc) is 3.16. The number of carbonyl (C=O) groups is 2. The average molecular weight is 507 g/mol. The van der Waals surface area contributed by atoms with Crippen LogP contribution in [0.15, 0.2) is 18.2 Å². The molecule has 0 radical (unpaired) electrons. The Morgan fingerprint density at radius 2 is 1.94 bits per heavy atom. The Balaban J connectivity index is 1.59. The molecule has 0 aliphatic heterocycles. The van der Waals surface area contributed by atoms with Crippen LogP contribution in [-0.2, 0) is 36.6 Å². The lowest BCUT2D eigenvalue weighted by Gasteiger charge is -2.32. The Bertz CT molecular complexity index is 841. The molecule has 1 fully saturated rings. The SMILES string of the molecule is CCCCC[C@@H](CC[C@@H]1[C@H]2Cc3cccc(OCC(=O)O)c3C[C@H]2C[C@H]1O)OC(=O)COCCOC. The van der Waals surface area contributed by atoms with E-state index in [-0.39, 0.29) is 37.3 Å². The maximum absolute atomic E-state index is 12.3. The topological polar surface area (TPSA) is 112 Å². The Hall–Kier alpha value is -2.16. The number of aliphatic hydroxyl groups excluding tert-OH is 1. The molecule has 1 aromatic carbocycles. The molecule has 0 amide bonds. The van der Waals surface area contributed by atoms with Gasteiger partial charge in [-0.15, -0.1) is 0 Å². The number of carboxylic acid groups (broad SMARTS) is 1. The van der Waals surface area contributed by atoms with Gasteiger partial charge in [0.05, 0.1) is 19.3 Å². The summed E-state index contributed by atoms with van der Waals surface area (Å²) in [5, 5.41) is 20.0. The van der Waals surface area contributed by atoms with Gasteiger partial charge in [0.25, 0.3) is 0 Å². The zero-order chi connectivity index (χ0) is 25.9. The minimum absolute atomic E-state index is 0.0759. The van der Waals surface area contributed by atoms with Crippen LogP contribution in [0.4, 0.5) is 0 Å². The molecule has 8 nitrogen and oxygen atoms in total. The number of hydrogen-bond donors (Lipinski definition) is 2. The van der Waals surface area contributed by atoms with E-state index in [4.69, 9.17) is 24.1 Å². The van der Waals surface area contributed by atoms with Crippen molar-refractivity contribution >= 4 is 11.9 Å². The lowest BCUT2D eigenvalue weighted by Crippen LogP contribution is -2.29. The highest BCUT2D eigenvalue weighted by Gasteiger charge is 2.45. The normalized spacial score (nSPS) is 23.5. The second-order valence-corrected chi connectivity index (χ2v) is 10.1. The van der Waals surface area contributed by atoms with E-state index in [2.05, 4.69) is 13.0 Å². The highest BCUT2D eigenvalue weighted by Crippen LogP contribution is 2.48. The minimum Gasteiger partial charge on any atom is -0.482 e. The van der Waals surface area contributed by atoms with Crippen molar-refractivity contribution in [2.24, 2.45) is 17.8 Å². The van der Waals surface area contributed by atoms with Gasteiger partial charge in [0, 0.05) is 7.11 Å². The van der Waals surface area contributed by atoms with Gasteiger partial charge in [0.1, 0.15) is 18.5 Å². The van der Waals surface area contributed by atoms with E-state index >= 15 is 0 Å². The molecule has 0 spiro atoms. The van der Waals surface area contributed by atoms with Gasteiger partial charge in [-0.1, -0.05) is 31.9 Å². The van der Waals surface area contributed by atoms with Crippen molar-refractivity contribution in [3.05, 3.63) is 29.3 Å². The molecule has 0 bridgehead atoms. The first kappa shape index (κ1) is 28.4. The number of hydrogen-bond acceptors (Lipinski definition) is 7. The largest absolute Gasteiger partial charge is 0.482 e. The number of esters is 1. The Morgan fingerprint density at radius 3 is 2.69 bits per heavy atom. The molecule has 8 heteroatoms. The summed E-state index contributed by atoms with van der Waals surface area (Å²) in [6.45, 7) is 2.51. The molecular weight excluding hydrogens is 464 g/mol. The van der Waals surface area contributed by atoms with Crippen LogP contribution in [0.3, 0.4) is 0 Å². The van der Waals surface area contributed by atoms with Crippen molar-refractivity contribution in [1.29, 1.82) is 0 Å². The van der Waals surface area contributed by atoms with Gasteiger partial charge in [-0.25, -0.2) is 9.59 Å². The molecule has 0 unspecified atom stereocenters. The number of unbranched alkanes of at least 4 members (excludes halogenated alkanes) is 2. The molecular formula is C28H42O8. The van der Waals surface area contributed by atoms with E-state index in [9.17, 15) is 14.7 Å². The molecule has 1 saturated carbocycles. The van der Waals surface area contributed by atoms with E-state index in [1.807, 2.05) is 12.1 Å². The van der Waals surface area contributed by atoms with Crippen molar-refractivity contribution in [3.8, 4) is 5.75 Å². The van der Waals surface area contributed by atoms with Crippen LogP contribution >= 0.6 is 0 Å². The van der Waals surface area contributed by atoms with Crippen LogP contribution in [-0.4, -0.2) is 67.9 Å². The van der Waals surface area contributed by atoms with Crippen molar-refractivity contribution in [2.45, 2.75) is 76.9 Å². The third-order valence-electron chi connectivity index (χ3n) is 7.60. The number of carboxylic acids is 1. The summed E-state index contributed by atoms with van der Waals surface area (Å²) in [4.78, 5) is 23.3. The van der Waals surface area contributed by atoms with Crippen LogP contribution in [0.2, 0.25) is 0 Å². The van der Waals surface area contributed by atoms with Crippen molar-refractivity contribution in [2.75, 3.05) is 33.5 Å². The van der Waals surface area contributed by atoms with E-state index < -0.39 is 5.97 Å². The molecule has 2 aliphatic carbocycles. The first-order chi connectivity index (χ1) is 17.4. The molecule has 2 aliphatic rings. The van der Waals surface area contributed by atoms with Gasteiger partial charge >= 0.3 is 11.9 Å². The highest BCUT2D eigenvalue weighted by molar-refractivity contribution is 5.70. The summed E-state index contributed by atoms with van der Waals surface area (Å²) in [5.41, 5.74) is 2.25. The van der Waals surface area contributed by atoms with Gasteiger partial charge in [0.2, 0.25) is 0 Å². The van der Waals surface area contributed by atoms with Crippen molar-refractivity contribution in [3.63, 3.8) is 0 Å². The summed E-state index contributed by atoms with van der Waals surface area (Å²) in [6, 6.07) is 5.83. The minimum atomic E-state index is -0.992. The van der Waals surface area contributed by atoms with Crippen molar-refractivity contribution < 1.29 is 38.7 Å². The molecule has 202 valence electrons. The fourth-order valence-corrected chi connectivity index (χ4v) is 5.86. The van der Waals surface area contributed by atoms with Gasteiger partial charge in [-0.3, -0.25) is 0 Å². The fourth-order valence-electron chi connectivity index (χ4n) is 5.86. The smallest absolute Gasteiger partial charge is 0.341 e. The lowest BCUT2D eigenvalue weighted by molar-refractivity contribution is -0.155. The number of rotatable bonds is 16. The van der Waals surface area contributed by atoms with Gasteiger partial charge in [-0.2, -0.15) is 0 Å². The van der Waals surface area contributed by atoms with Gasteiger partial charge in [0.15, 0.2) is 6.61 Å².